The molecule has 3 rings (SSSR count). The fraction of sp³-hybridized carbons (Fsp3) is 0.344. The third kappa shape index (κ3) is 13.9. The number of ether oxygens (including phenoxy) is 2. The molecule has 0 aliphatic rings. The standard InChI is InChI=1S/C32H41N4O9PS/c1-31(2,3)42-29(37)34-28(35-30(38)43-32(4,5)6)33-24-20-18-23(19-21-24)22-27(36-47(7,40)41)46(39,44-25-14-10-8-11-15-25)45-26-16-12-9-13-17-26/h8-21,27,36H,22H2,1-7H3,(H2,33,34,35,37,38). The fourth-order valence-electron chi connectivity index (χ4n) is 3.81. The van der Waals surface area contributed by atoms with Gasteiger partial charge in [-0.2, -0.15) is 4.72 Å². The van der Waals surface area contributed by atoms with Gasteiger partial charge in [0.2, 0.25) is 16.0 Å². The van der Waals surface area contributed by atoms with Crippen molar-refractivity contribution in [3.63, 3.8) is 0 Å². The SMILES string of the molecule is CC(C)(C)OC(=O)NC(=Nc1ccc(CC(NS(C)(=O)=O)P(=O)(Oc2ccccc2)Oc2ccccc2)cc1)NC(=O)OC(C)(C)C. The number of aliphatic imine (C=N–C) groups is 1. The van der Waals surface area contributed by atoms with Gasteiger partial charge in [0.15, 0.2) is 5.78 Å². The van der Waals surface area contributed by atoms with Gasteiger partial charge >= 0.3 is 19.8 Å². The monoisotopic (exact) mass is 688 g/mol. The van der Waals surface area contributed by atoms with Crippen LogP contribution in [-0.2, 0) is 30.5 Å². The lowest BCUT2D eigenvalue weighted by molar-refractivity contribution is 0.0545. The Labute approximate surface area is 275 Å². The zero-order valence-corrected chi connectivity index (χ0v) is 29.1. The molecule has 3 aromatic carbocycles. The normalized spacial score (nSPS) is 12.7. The van der Waals surface area contributed by atoms with Gasteiger partial charge in [-0.15, -0.1) is 0 Å². The molecule has 3 N–H and O–H groups in total. The molecule has 0 radical (unpaired) electrons. The molecule has 0 saturated carbocycles. The summed E-state index contributed by atoms with van der Waals surface area (Å²) in [6, 6.07) is 22.9. The van der Waals surface area contributed by atoms with E-state index in [0.29, 0.717) is 11.3 Å². The van der Waals surface area contributed by atoms with E-state index in [4.69, 9.17) is 18.5 Å². The molecular weight excluding hydrogens is 647 g/mol. The van der Waals surface area contributed by atoms with Crippen LogP contribution in [0.3, 0.4) is 0 Å². The molecule has 1 unspecified atom stereocenters. The Kier molecular flexibility index (Phi) is 12.2. The largest absolute Gasteiger partial charge is 0.448 e. The van der Waals surface area contributed by atoms with Crippen LogP contribution in [0.1, 0.15) is 47.1 Å². The lowest BCUT2D eigenvalue weighted by Crippen LogP contribution is -2.47. The zero-order valence-electron chi connectivity index (χ0n) is 27.3. The number of hydrogen-bond donors (Lipinski definition) is 3. The van der Waals surface area contributed by atoms with Crippen LogP contribution in [0.25, 0.3) is 0 Å². The molecule has 1 atom stereocenters. The van der Waals surface area contributed by atoms with Gasteiger partial charge in [0.05, 0.1) is 11.9 Å². The smallest absolute Gasteiger partial charge is 0.444 e. The van der Waals surface area contributed by atoms with E-state index in [-0.39, 0.29) is 23.9 Å². The highest BCUT2D eigenvalue weighted by molar-refractivity contribution is 7.89. The van der Waals surface area contributed by atoms with Gasteiger partial charge < -0.3 is 18.5 Å². The molecule has 0 aromatic heterocycles. The van der Waals surface area contributed by atoms with Crippen molar-refractivity contribution in [3.8, 4) is 11.5 Å². The lowest BCUT2D eigenvalue weighted by Gasteiger charge is -2.28. The maximum atomic E-state index is 14.5. The second-order valence-electron chi connectivity index (χ2n) is 12.3. The molecule has 0 bridgehead atoms. The van der Waals surface area contributed by atoms with E-state index in [1.165, 1.54) is 0 Å². The van der Waals surface area contributed by atoms with E-state index in [2.05, 4.69) is 20.3 Å². The van der Waals surface area contributed by atoms with Crippen LogP contribution in [0.2, 0.25) is 0 Å². The second kappa shape index (κ2) is 15.5. The first-order valence-electron chi connectivity index (χ1n) is 14.5. The zero-order chi connectivity index (χ0) is 34.9. The van der Waals surface area contributed by atoms with E-state index in [0.717, 1.165) is 6.26 Å². The third-order valence-corrected chi connectivity index (χ3v) is 8.42. The molecule has 254 valence electrons. The summed E-state index contributed by atoms with van der Waals surface area (Å²) in [4.78, 5) is 29.2. The number of nitrogens with one attached hydrogen (secondary N) is 3. The number of amides is 2. The number of carbonyl (C=O) groups excluding carboxylic acids is 2. The van der Waals surface area contributed by atoms with Gasteiger partial charge in [0.25, 0.3) is 0 Å². The van der Waals surface area contributed by atoms with Crippen molar-refractivity contribution in [2.24, 2.45) is 4.99 Å². The van der Waals surface area contributed by atoms with E-state index in [1.54, 1.807) is 126 Å². The summed E-state index contributed by atoms with van der Waals surface area (Å²) < 4.78 is 64.1. The number of guanidine groups is 1. The molecule has 0 spiro atoms. The van der Waals surface area contributed by atoms with Crippen molar-refractivity contribution in [3.05, 3.63) is 90.5 Å². The maximum absolute atomic E-state index is 14.5. The predicted octanol–water partition coefficient (Wildman–Crippen LogP) is 6.49. The number of alkyl carbamates (subject to hydrolysis) is 2. The van der Waals surface area contributed by atoms with E-state index < -0.39 is 46.8 Å². The minimum atomic E-state index is -4.28. The van der Waals surface area contributed by atoms with Crippen LogP contribution in [-0.4, -0.2) is 49.8 Å². The number of rotatable bonds is 10. The first-order valence-corrected chi connectivity index (χ1v) is 18.0. The summed E-state index contributed by atoms with van der Waals surface area (Å²) in [5, 5.41) is 4.82. The van der Waals surface area contributed by atoms with Crippen LogP contribution < -0.4 is 24.4 Å². The van der Waals surface area contributed by atoms with E-state index >= 15 is 0 Å². The van der Waals surface area contributed by atoms with Crippen molar-refractivity contribution in [2.75, 3.05) is 6.26 Å². The van der Waals surface area contributed by atoms with Gasteiger partial charge in [-0.3, -0.25) is 10.6 Å². The van der Waals surface area contributed by atoms with Crippen molar-refractivity contribution in [1.29, 1.82) is 0 Å². The molecule has 47 heavy (non-hydrogen) atoms. The number of para-hydroxylation sites is 2. The molecule has 3 aromatic rings. The Bertz CT molecular complexity index is 1610. The first kappa shape index (κ1) is 37.1. The minimum absolute atomic E-state index is 0.104. The van der Waals surface area contributed by atoms with Crippen LogP contribution in [0, 0.1) is 0 Å². The van der Waals surface area contributed by atoms with Gasteiger partial charge in [0, 0.05) is 6.42 Å². The Morgan fingerprint density at radius 1 is 0.745 bits per heavy atom. The van der Waals surface area contributed by atoms with Crippen LogP contribution in [0.4, 0.5) is 15.3 Å². The molecule has 0 aliphatic heterocycles. The summed E-state index contributed by atoms with van der Waals surface area (Å²) in [6.07, 6.45) is -0.866. The quantitative estimate of drug-likeness (QED) is 0.122. The van der Waals surface area contributed by atoms with Gasteiger partial charge in [0.1, 0.15) is 22.7 Å². The molecule has 15 heteroatoms. The fourth-order valence-corrected chi connectivity index (χ4v) is 7.04. The number of nitrogens with zero attached hydrogens (tertiary/aromatic N) is 1. The predicted molar refractivity (Wildman–Crippen MR) is 179 cm³/mol. The molecule has 0 aliphatic carbocycles. The first-order chi connectivity index (χ1) is 21.8. The maximum Gasteiger partial charge on any atom is 0.448 e. The molecule has 0 heterocycles. The summed E-state index contributed by atoms with van der Waals surface area (Å²) >= 11 is 0. The Morgan fingerprint density at radius 2 is 1.17 bits per heavy atom. The summed E-state index contributed by atoms with van der Waals surface area (Å²) in [7, 11) is -8.17. The highest BCUT2D eigenvalue weighted by atomic mass is 32.2. The highest BCUT2D eigenvalue weighted by Crippen LogP contribution is 2.53. The van der Waals surface area contributed by atoms with Crippen LogP contribution >= 0.6 is 7.60 Å². The number of carbonyl (C=O) groups is 2. The molecule has 2 amide bonds. The summed E-state index contributed by atoms with van der Waals surface area (Å²) in [5.41, 5.74) is -0.784. The highest BCUT2D eigenvalue weighted by Gasteiger charge is 2.41. The Hall–Kier alpha value is -4.39. The summed E-state index contributed by atoms with van der Waals surface area (Å²) in [5.74, 6) is -1.15. The van der Waals surface area contributed by atoms with Gasteiger partial charge in [-0.1, -0.05) is 48.5 Å². The van der Waals surface area contributed by atoms with Crippen LogP contribution in [0.5, 0.6) is 11.5 Å². The van der Waals surface area contributed by atoms with Crippen LogP contribution in [0.15, 0.2) is 89.9 Å². The average molecular weight is 689 g/mol. The third-order valence-electron chi connectivity index (χ3n) is 5.53. The molecular formula is C32H41N4O9PS. The van der Waals surface area contributed by atoms with Gasteiger partial charge in [-0.05, 0) is 83.5 Å². The van der Waals surface area contributed by atoms with E-state index in [9.17, 15) is 22.6 Å². The van der Waals surface area contributed by atoms with E-state index in [1.807, 2.05) is 0 Å². The van der Waals surface area contributed by atoms with Crippen molar-refractivity contribution in [1.82, 2.24) is 15.4 Å². The number of hydrogen-bond acceptors (Lipinski definition) is 10. The van der Waals surface area contributed by atoms with Crippen molar-refractivity contribution < 1.29 is 41.1 Å². The average Bonchev–Trinajstić information content (AvgIpc) is 2.92. The minimum Gasteiger partial charge on any atom is -0.444 e. The summed E-state index contributed by atoms with van der Waals surface area (Å²) in [6.45, 7) is 10.1. The van der Waals surface area contributed by atoms with Crippen molar-refractivity contribution in [2.45, 2.75) is 64.9 Å². The molecule has 0 saturated heterocycles. The van der Waals surface area contributed by atoms with Crippen molar-refractivity contribution >= 4 is 41.5 Å². The second-order valence-corrected chi connectivity index (χ2v) is 16.2. The Morgan fingerprint density at radius 3 is 1.55 bits per heavy atom. The number of sulfonamides is 1. The molecule has 13 nitrogen and oxygen atoms in total. The van der Waals surface area contributed by atoms with Gasteiger partial charge in [-0.25, -0.2) is 27.6 Å². The topological polar surface area (TPSA) is 171 Å². The Balaban J connectivity index is 1.94. The number of benzene rings is 3. The molecule has 0 fully saturated rings. The lowest BCUT2D eigenvalue weighted by atomic mass is 10.1.